The maximum absolute atomic E-state index is 13.3. The lowest BCUT2D eigenvalue weighted by molar-refractivity contribution is -0.126. The predicted molar refractivity (Wildman–Crippen MR) is 123 cm³/mol. The number of aromatic amines is 1. The van der Waals surface area contributed by atoms with E-state index >= 15 is 0 Å². The summed E-state index contributed by atoms with van der Waals surface area (Å²) in [6.45, 7) is 0.725. The number of H-pyrrole nitrogens is 1. The SMILES string of the molecule is O=C(NC1CCCC1)C1CCN(S(=O)(=O)c2ccc3nc(-c4ccccc4)[nH]c3c2)CC1. The molecule has 2 aliphatic rings. The van der Waals surface area contributed by atoms with Crippen LogP contribution in [0.25, 0.3) is 22.4 Å². The quantitative estimate of drug-likeness (QED) is 0.617. The zero-order valence-corrected chi connectivity index (χ0v) is 18.8. The van der Waals surface area contributed by atoms with Crippen LogP contribution in [0, 0.1) is 5.92 Å². The van der Waals surface area contributed by atoms with Gasteiger partial charge >= 0.3 is 0 Å². The van der Waals surface area contributed by atoms with Crippen LogP contribution in [0.2, 0.25) is 0 Å². The lowest BCUT2D eigenvalue weighted by Crippen LogP contribution is -2.44. The van der Waals surface area contributed by atoms with E-state index in [0.717, 1.165) is 23.9 Å². The number of piperidine rings is 1. The van der Waals surface area contributed by atoms with Gasteiger partial charge in [-0.25, -0.2) is 13.4 Å². The number of nitrogens with one attached hydrogen (secondary N) is 2. The second kappa shape index (κ2) is 8.67. The highest BCUT2D eigenvalue weighted by molar-refractivity contribution is 7.89. The summed E-state index contributed by atoms with van der Waals surface area (Å²) in [5, 5.41) is 3.15. The predicted octanol–water partition coefficient (Wildman–Crippen LogP) is 3.69. The monoisotopic (exact) mass is 452 g/mol. The fraction of sp³-hybridized carbons (Fsp3) is 0.417. The molecule has 0 unspecified atom stereocenters. The molecule has 0 spiro atoms. The molecule has 7 nitrogen and oxygen atoms in total. The van der Waals surface area contributed by atoms with Gasteiger partial charge in [-0.2, -0.15) is 4.31 Å². The minimum Gasteiger partial charge on any atom is -0.353 e. The van der Waals surface area contributed by atoms with Gasteiger partial charge < -0.3 is 10.3 Å². The van der Waals surface area contributed by atoms with Gasteiger partial charge in [0.05, 0.1) is 15.9 Å². The molecular formula is C24H28N4O3S. The van der Waals surface area contributed by atoms with Crippen molar-refractivity contribution in [2.75, 3.05) is 13.1 Å². The largest absolute Gasteiger partial charge is 0.353 e. The molecule has 1 aliphatic heterocycles. The molecule has 0 atom stereocenters. The summed E-state index contributed by atoms with van der Waals surface area (Å²) in [6.07, 6.45) is 5.58. The van der Waals surface area contributed by atoms with Crippen LogP contribution in [-0.4, -0.2) is 47.7 Å². The van der Waals surface area contributed by atoms with Crippen molar-refractivity contribution in [3.05, 3.63) is 48.5 Å². The zero-order valence-electron chi connectivity index (χ0n) is 18.0. The molecule has 1 saturated heterocycles. The lowest BCUT2D eigenvalue weighted by Gasteiger charge is -2.31. The van der Waals surface area contributed by atoms with Gasteiger partial charge in [0, 0.05) is 30.6 Å². The van der Waals surface area contributed by atoms with Crippen LogP contribution in [0.5, 0.6) is 0 Å². The fourth-order valence-electron chi connectivity index (χ4n) is 4.78. The van der Waals surface area contributed by atoms with Crippen LogP contribution in [-0.2, 0) is 14.8 Å². The van der Waals surface area contributed by atoms with Gasteiger partial charge in [-0.15, -0.1) is 0 Å². The Kier molecular flexibility index (Phi) is 5.73. The summed E-state index contributed by atoms with van der Waals surface area (Å²) >= 11 is 0. The van der Waals surface area contributed by atoms with Crippen molar-refractivity contribution in [3.63, 3.8) is 0 Å². The number of benzene rings is 2. The third kappa shape index (κ3) is 4.17. The number of nitrogens with zero attached hydrogens (tertiary/aromatic N) is 2. The first-order valence-corrected chi connectivity index (χ1v) is 12.8. The number of carbonyl (C=O) groups is 1. The second-order valence-electron chi connectivity index (χ2n) is 8.80. The maximum Gasteiger partial charge on any atom is 0.243 e. The van der Waals surface area contributed by atoms with Gasteiger partial charge in [0.25, 0.3) is 0 Å². The Balaban J connectivity index is 1.28. The number of hydrogen-bond acceptors (Lipinski definition) is 4. The van der Waals surface area contributed by atoms with Crippen LogP contribution in [0.15, 0.2) is 53.4 Å². The first-order chi connectivity index (χ1) is 15.5. The smallest absolute Gasteiger partial charge is 0.243 e. The molecule has 1 aromatic heterocycles. The van der Waals surface area contributed by atoms with Crippen molar-refractivity contribution in [2.24, 2.45) is 5.92 Å². The van der Waals surface area contributed by atoms with E-state index < -0.39 is 10.0 Å². The van der Waals surface area contributed by atoms with Gasteiger partial charge in [-0.3, -0.25) is 4.79 Å². The van der Waals surface area contributed by atoms with Crippen molar-refractivity contribution in [2.45, 2.75) is 49.5 Å². The Morgan fingerprint density at radius 3 is 2.44 bits per heavy atom. The third-order valence-electron chi connectivity index (χ3n) is 6.66. The summed E-state index contributed by atoms with van der Waals surface area (Å²) in [5.74, 6) is 0.691. The fourth-order valence-corrected chi connectivity index (χ4v) is 6.27. The average Bonchev–Trinajstić information content (AvgIpc) is 3.49. The van der Waals surface area contributed by atoms with E-state index in [9.17, 15) is 13.2 Å². The van der Waals surface area contributed by atoms with Gasteiger partial charge in [0.15, 0.2) is 0 Å². The topological polar surface area (TPSA) is 95.2 Å². The number of amides is 1. The van der Waals surface area contributed by atoms with E-state index in [0.29, 0.717) is 43.3 Å². The highest BCUT2D eigenvalue weighted by atomic mass is 32.2. The molecule has 2 fully saturated rings. The van der Waals surface area contributed by atoms with Crippen LogP contribution in [0.1, 0.15) is 38.5 Å². The molecule has 2 heterocycles. The number of sulfonamides is 1. The molecule has 8 heteroatoms. The van der Waals surface area contributed by atoms with Gasteiger partial charge in [0.2, 0.25) is 15.9 Å². The van der Waals surface area contributed by atoms with E-state index in [1.807, 2.05) is 30.3 Å². The molecule has 2 aromatic carbocycles. The molecule has 32 heavy (non-hydrogen) atoms. The van der Waals surface area contributed by atoms with E-state index in [1.165, 1.54) is 17.1 Å². The van der Waals surface area contributed by atoms with Crippen molar-refractivity contribution < 1.29 is 13.2 Å². The first kappa shape index (κ1) is 21.2. The summed E-state index contributed by atoms with van der Waals surface area (Å²) in [7, 11) is -3.63. The van der Waals surface area contributed by atoms with Crippen molar-refractivity contribution >= 4 is 27.0 Å². The Morgan fingerprint density at radius 1 is 1.00 bits per heavy atom. The molecule has 3 aromatic rings. The lowest BCUT2D eigenvalue weighted by atomic mass is 9.97. The first-order valence-electron chi connectivity index (χ1n) is 11.4. The number of fused-ring (bicyclic) bond motifs is 1. The van der Waals surface area contributed by atoms with Gasteiger partial charge in [-0.1, -0.05) is 43.2 Å². The molecule has 2 N–H and O–H groups in total. The number of hydrogen-bond donors (Lipinski definition) is 2. The Labute approximate surface area is 188 Å². The highest BCUT2D eigenvalue weighted by Gasteiger charge is 2.33. The molecule has 1 aliphatic carbocycles. The van der Waals surface area contributed by atoms with Crippen LogP contribution >= 0.6 is 0 Å². The Morgan fingerprint density at radius 2 is 1.72 bits per heavy atom. The summed E-state index contributed by atoms with van der Waals surface area (Å²) in [6, 6.07) is 15.1. The molecule has 168 valence electrons. The van der Waals surface area contributed by atoms with Crippen LogP contribution in [0.4, 0.5) is 0 Å². The summed E-state index contributed by atoms with van der Waals surface area (Å²) in [4.78, 5) is 20.6. The Bertz CT molecular complexity index is 1210. The minimum atomic E-state index is -3.63. The van der Waals surface area contributed by atoms with Crippen LogP contribution in [0.3, 0.4) is 0 Å². The summed E-state index contributed by atoms with van der Waals surface area (Å²) in [5.41, 5.74) is 2.37. The molecule has 5 rings (SSSR count). The molecule has 0 radical (unpaired) electrons. The normalized spacial score (nSPS) is 18.9. The van der Waals surface area contributed by atoms with Crippen molar-refractivity contribution in [1.29, 1.82) is 0 Å². The van der Waals surface area contributed by atoms with Gasteiger partial charge in [0.1, 0.15) is 5.82 Å². The van der Waals surface area contributed by atoms with Crippen molar-refractivity contribution in [3.8, 4) is 11.4 Å². The second-order valence-corrected chi connectivity index (χ2v) is 10.7. The molecule has 0 bridgehead atoms. The number of aromatic nitrogens is 2. The minimum absolute atomic E-state index is 0.0845. The van der Waals surface area contributed by atoms with E-state index in [4.69, 9.17) is 0 Å². The van der Waals surface area contributed by atoms with Crippen LogP contribution < -0.4 is 5.32 Å². The highest BCUT2D eigenvalue weighted by Crippen LogP contribution is 2.28. The maximum atomic E-state index is 13.3. The average molecular weight is 453 g/mol. The Hall–Kier alpha value is -2.71. The zero-order chi connectivity index (χ0) is 22.1. The molecule has 1 saturated carbocycles. The third-order valence-corrected chi connectivity index (χ3v) is 8.56. The van der Waals surface area contributed by atoms with E-state index in [2.05, 4.69) is 15.3 Å². The van der Waals surface area contributed by atoms with E-state index in [1.54, 1.807) is 18.2 Å². The van der Waals surface area contributed by atoms with Crippen molar-refractivity contribution in [1.82, 2.24) is 19.6 Å². The number of rotatable bonds is 5. The van der Waals surface area contributed by atoms with E-state index in [-0.39, 0.29) is 16.7 Å². The number of imidazole rings is 1. The standard InChI is InChI=1S/C24H28N4O3S/c29-24(25-19-8-4-5-9-19)18-12-14-28(15-13-18)32(30,31)20-10-11-21-22(16-20)27-23(26-21)17-6-2-1-3-7-17/h1-3,6-7,10-11,16,18-19H,4-5,8-9,12-15H2,(H,25,29)(H,26,27). The molecular weight excluding hydrogens is 424 g/mol. The summed E-state index contributed by atoms with van der Waals surface area (Å²) < 4.78 is 28.0. The van der Waals surface area contributed by atoms with Gasteiger partial charge in [-0.05, 0) is 43.9 Å². The molecule has 1 amide bonds. The number of carbonyl (C=O) groups excluding carboxylic acids is 1.